The molecule has 0 atom stereocenters. The molecule has 15 heavy (non-hydrogen) atoms. The first-order chi connectivity index (χ1) is 7.13. The molecule has 1 aromatic rings. The molecule has 0 amide bonds. The Kier molecular flexibility index (Phi) is 4.49. The quantitative estimate of drug-likeness (QED) is 0.781. The molecule has 1 heterocycles. The fourth-order valence-corrected chi connectivity index (χ4v) is 1.49. The Morgan fingerprint density at radius 2 is 2.13 bits per heavy atom. The van der Waals surface area contributed by atoms with Gasteiger partial charge in [-0.25, -0.2) is 9.78 Å². The van der Waals surface area contributed by atoms with Gasteiger partial charge in [0.05, 0.1) is 0 Å². The van der Waals surface area contributed by atoms with Gasteiger partial charge in [-0.1, -0.05) is 13.3 Å². The van der Waals surface area contributed by atoms with Gasteiger partial charge in [0.15, 0.2) is 0 Å². The Hall–Kier alpha value is -1.16. The molecule has 0 bridgehead atoms. The summed E-state index contributed by atoms with van der Waals surface area (Å²) in [6, 6.07) is 0. The zero-order valence-corrected chi connectivity index (χ0v) is 9.71. The van der Waals surface area contributed by atoms with E-state index < -0.39 is 0 Å². The largest absolute Gasteiger partial charge is 0.345 e. The second-order valence-electron chi connectivity index (χ2n) is 4.00. The van der Waals surface area contributed by atoms with Crippen LogP contribution >= 0.6 is 0 Å². The second-order valence-corrected chi connectivity index (χ2v) is 4.00. The van der Waals surface area contributed by atoms with Crippen LogP contribution in [0.3, 0.4) is 0 Å². The summed E-state index contributed by atoms with van der Waals surface area (Å²) in [5.74, 6) is 0. The maximum Gasteiger partial charge on any atom is 0.345 e. The van der Waals surface area contributed by atoms with Crippen LogP contribution in [0, 0.1) is 0 Å². The fraction of sp³-hybridized carbons (Fsp3) is 0.636. The third kappa shape index (κ3) is 3.83. The van der Waals surface area contributed by atoms with Crippen LogP contribution in [0.5, 0.6) is 0 Å². The standard InChI is InChI=1S/C11H19N3O/c1-4-5-10-9(6-7-14(2)3)8-12-11(15)13-10/h8H,4-7H2,1-3H3,(H,12,13,15). The molecule has 1 N–H and O–H groups in total. The maximum atomic E-state index is 11.1. The number of hydrogen-bond donors (Lipinski definition) is 1. The normalized spacial score (nSPS) is 10.9. The first kappa shape index (κ1) is 11.9. The van der Waals surface area contributed by atoms with Gasteiger partial charge in [0.25, 0.3) is 0 Å². The Morgan fingerprint density at radius 1 is 1.40 bits per heavy atom. The SMILES string of the molecule is CCCc1[nH]c(=O)ncc1CCN(C)C. The van der Waals surface area contributed by atoms with E-state index in [2.05, 4.69) is 21.8 Å². The van der Waals surface area contributed by atoms with Crippen molar-refractivity contribution in [2.24, 2.45) is 0 Å². The minimum Gasteiger partial charge on any atom is -0.310 e. The number of hydrogen-bond acceptors (Lipinski definition) is 3. The lowest BCUT2D eigenvalue weighted by Crippen LogP contribution is -2.19. The van der Waals surface area contributed by atoms with Crippen molar-refractivity contribution >= 4 is 0 Å². The van der Waals surface area contributed by atoms with Crippen LogP contribution in [0.25, 0.3) is 0 Å². The van der Waals surface area contributed by atoms with Crippen LogP contribution in [0.2, 0.25) is 0 Å². The molecule has 0 fully saturated rings. The van der Waals surface area contributed by atoms with Crippen LogP contribution < -0.4 is 5.69 Å². The van der Waals surface area contributed by atoms with E-state index in [9.17, 15) is 4.79 Å². The topological polar surface area (TPSA) is 49.0 Å². The van der Waals surface area contributed by atoms with E-state index >= 15 is 0 Å². The van der Waals surface area contributed by atoms with Crippen LogP contribution in [-0.2, 0) is 12.8 Å². The number of nitrogens with zero attached hydrogens (tertiary/aromatic N) is 2. The van der Waals surface area contributed by atoms with Crippen molar-refractivity contribution in [2.45, 2.75) is 26.2 Å². The molecule has 0 aliphatic rings. The number of likely N-dealkylation sites (N-methyl/N-ethyl adjacent to an activating group) is 1. The number of nitrogens with one attached hydrogen (secondary N) is 1. The molecule has 4 heteroatoms. The molecule has 0 aromatic carbocycles. The van der Waals surface area contributed by atoms with Crippen molar-refractivity contribution < 1.29 is 0 Å². The molecule has 1 aromatic heterocycles. The van der Waals surface area contributed by atoms with E-state index in [1.54, 1.807) is 6.20 Å². The smallest absolute Gasteiger partial charge is 0.310 e. The lowest BCUT2D eigenvalue weighted by molar-refractivity contribution is 0.412. The first-order valence-electron chi connectivity index (χ1n) is 5.35. The highest BCUT2D eigenvalue weighted by atomic mass is 16.1. The monoisotopic (exact) mass is 209 g/mol. The molecule has 0 saturated carbocycles. The lowest BCUT2D eigenvalue weighted by Gasteiger charge is -2.11. The number of aryl methyl sites for hydroxylation is 1. The molecule has 1 rings (SSSR count). The average molecular weight is 209 g/mol. The van der Waals surface area contributed by atoms with Crippen LogP contribution in [0.1, 0.15) is 24.6 Å². The Labute approximate surface area is 90.3 Å². The zero-order chi connectivity index (χ0) is 11.3. The van der Waals surface area contributed by atoms with E-state index in [0.717, 1.165) is 37.1 Å². The summed E-state index contributed by atoms with van der Waals surface area (Å²) >= 11 is 0. The number of aromatic nitrogens is 2. The summed E-state index contributed by atoms with van der Waals surface area (Å²) in [6.45, 7) is 3.08. The van der Waals surface area contributed by atoms with Gasteiger partial charge in [-0.3, -0.25) is 0 Å². The van der Waals surface area contributed by atoms with E-state index in [1.165, 1.54) is 0 Å². The first-order valence-corrected chi connectivity index (χ1v) is 5.35. The number of H-pyrrole nitrogens is 1. The van der Waals surface area contributed by atoms with Crippen molar-refractivity contribution in [3.05, 3.63) is 27.9 Å². The second kappa shape index (κ2) is 5.66. The van der Waals surface area contributed by atoms with E-state index in [1.807, 2.05) is 14.1 Å². The van der Waals surface area contributed by atoms with Crippen molar-refractivity contribution in [1.29, 1.82) is 0 Å². The van der Waals surface area contributed by atoms with Crippen LogP contribution in [-0.4, -0.2) is 35.5 Å². The molecule has 0 unspecified atom stereocenters. The average Bonchev–Trinajstić information content (AvgIpc) is 2.17. The molecule has 4 nitrogen and oxygen atoms in total. The number of aromatic amines is 1. The summed E-state index contributed by atoms with van der Waals surface area (Å²) in [5, 5.41) is 0. The van der Waals surface area contributed by atoms with E-state index in [4.69, 9.17) is 0 Å². The van der Waals surface area contributed by atoms with Crippen LogP contribution in [0.15, 0.2) is 11.0 Å². The van der Waals surface area contributed by atoms with Gasteiger partial charge >= 0.3 is 5.69 Å². The zero-order valence-electron chi connectivity index (χ0n) is 9.71. The fourth-order valence-electron chi connectivity index (χ4n) is 1.49. The van der Waals surface area contributed by atoms with Gasteiger partial charge in [0.2, 0.25) is 0 Å². The Balaban J connectivity index is 2.80. The summed E-state index contributed by atoms with van der Waals surface area (Å²) in [6.07, 6.45) is 4.59. The molecule has 0 aliphatic carbocycles. The Bertz CT molecular complexity index is 357. The molecule has 0 radical (unpaired) electrons. The third-order valence-electron chi connectivity index (χ3n) is 2.31. The number of rotatable bonds is 5. The lowest BCUT2D eigenvalue weighted by atomic mass is 10.1. The van der Waals surface area contributed by atoms with Gasteiger partial charge in [-0.15, -0.1) is 0 Å². The molecule has 84 valence electrons. The Morgan fingerprint density at radius 3 is 2.73 bits per heavy atom. The molecule has 0 aliphatic heterocycles. The van der Waals surface area contributed by atoms with Gasteiger partial charge in [0, 0.05) is 18.4 Å². The van der Waals surface area contributed by atoms with Crippen LogP contribution in [0.4, 0.5) is 0 Å². The van der Waals surface area contributed by atoms with Crippen molar-refractivity contribution in [1.82, 2.24) is 14.9 Å². The summed E-state index contributed by atoms with van der Waals surface area (Å²) < 4.78 is 0. The van der Waals surface area contributed by atoms with Gasteiger partial charge < -0.3 is 9.88 Å². The van der Waals surface area contributed by atoms with Gasteiger partial charge in [-0.2, -0.15) is 0 Å². The maximum absolute atomic E-state index is 11.1. The minimum absolute atomic E-state index is 0.243. The van der Waals surface area contributed by atoms with Gasteiger partial charge in [0.1, 0.15) is 0 Å². The highest BCUT2D eigenvalue weighted by molar-refractivity contribution is 5.16. The minimum atomic E-state index is -0.243. The predicted molar refractivity (Wildman–Crippen MR) is 61.1 cm³/mol. The van der Waals surface area contributed by atoms with Crippen molar-refractivity contribution in [2.75, 3.05) is 20.6 Å². The van der Waals surface area contributed by atoms with Crippen molar-refractivity contribution in [3.8, 4) is 0 Å². The summed E-state index contributed by atoms with van der Waals surface area (Å²) in [4.78, 5) is 19.8. The molecular weight excluding hydrogens is 190 g/mol. The van der Waals surface area contributed by atoms with Crippen molar-refractivity contribution in [3.63, 3.8) is 0 Å². The molecule has 0 spiro atoms. The predicted octanol–water partition coefficient (Wildman–Crippen LogP) is 0.826. The highest BCUT2D eigenvalue weighted by Gasteiger charge is 2.04. The van der Waals surface area contributed by atoms with E-state index in [0.29, 0.717) is 0 Å². The highest BCUT2D eigenvalue weighted by Crippen LogP contribution is 2.06. The molecular formula is C11H19N3O. The third-order valence-corrected chi connectivity index (χ3v) is 2.31. The van der Waals surface area contributed by atoms with Gasteiger partial charge in [-0.05, 0) is 32.5 Å². The molecule has 0 saturated heterocycles. The van der Waals surface area contributed by atoms with E-state index in [-0.39, 0.29) is 5.69 Å². The summed E-state index contributed by atoms with van der Waals surface area (Å²) in [7, 11) is 4.08. The summed E-state index contributed by atoms with van der Waals surface area (Å²) in [5.41, 5.74) is 1.96.